The van der Waals surface area contributed by atoms with Crippen LogP contribution in [0.1, 0.15) is 5.69 Å². The molecule has 216 valence electrons. The second-order valence-electron chi connectivity index (χ2n) is 7.73. The Hall–Kier alpha value is -4.71. The number of rotatable bonds is 9. The Morgan fingerprint density at radius 2 is 1.82 bits per heavy atom. The summed E-state index contributed by atoms with van der Waals surface area (Å²) in [7, 11) is -4.13. The predicted molar refractivity (Wildman–Crippen MR) is 136 cm³/mol. The number of halogens is 3. The summed E-state index contributed by atoms with van der Waals surface area (Å²) in [6, 6.07) is 11.0. The molecule has 0 saturated heterocycles. The van der Waals surface area contributed by atoms with Gasteiger partial charge < -0.3 is 20.7 Å². The molecule has 0 aliphatic carbocycles. The minimum Gasteiger partial charge on any atom is -0.475 e. The van der Waals surface area contributed by atoms with Gasteiger partial charge in [0.05, 0.1) is 12.1 Å². The Labute approximate surface area is 224 Å². The van der Waals surface area contributed by atoms with Gasteiger partial charge in [0.15, 0.2) is 0 Å². The van der Waals surface area contributed by atoms with Crippen molar-refractivity contribution in [3.05, 3.63) is 64.7 Å². The molecule has 18 heteroatoms. The summed E-state index contributed by atoms with van der Waals surface area (Å²) in [6.45, 7) is 1.45. The fourth-order valence-corrected chi connectivity index (χ4v) is 4.25. The molecule has 2 aromatic heterocycles. The minimum atomic E-state index is -5.08. The summed E-state index contributed by atoms with van der Waals surface area (Å²) in [4.78, 5) is 42.9. The van der Waals surface area contributed by atoms with Crippen molar-refractivity contribution in [1.29, 1.82) is 5.41 Å². The van der Waals surface area contributed by atoms with Gasteiger partial charge in [-0.1, -0.05) is 18.2 Å². The van der Waals surface area contributed by atoms with Crippen molar-refractivity contribution < 1.29 is 41.1 Å². The summed E-state index contributed by atoms with van der Waals surface area (Å²) >= 11 is 0. The molecule has 0 fully saturated rings. The number of carboxylic acids is 1. The van der Waals surface area contributed by atoms with E-state index in [4.69, 9.17) is 25.9 Å². The highest BCUT2D eigenvalue weighted by Gasteiger charge is 2.38. The molecule has 0 aliphatic heterocycles. The molecule has 0 saturated carbocycles. The van der Waals surface area contributed by atoms with Gasteiger partial charge in [-0.05, 0) is 31.2 Å². The molecule has 0 unspecified atom stereocenters. The number of carbonyl (C=O) groups excluding carboxylic acids is 1. The molecule has 0 bridgehead atoms. The van der Waals surface area contributed by atoms with E-state index < -0.39 is 33.6 Å². The number of aliphatic carboxylic acids is 1. The van der Waals surface area contributed by atoms with E-state index >= 15 is 0 Å². The maximum Gasteiger partial charge on any atom is 0.490 e. The van der Waals surface area contributed by atoms with E-state index in [-0.39, 0.29) is 41.8 Å². The fourth-order valence-electron chi connectivity index (χ4n) is 3.01. The van der Waals surface area contributed by atoms with E-state index in [2.05, 4.69) is 20.5 Å². The van der Waals surface area contributed by atoms with Crippen LogP contribution in [0.3, 0.4) is 0 Å². The topological polar surface area (TPSA) is 219 Å². The molecule has 0 radical (unpaired) electrons. The third kappa shape index (κ3) is 8.95. The van der Waals surface area contributed by atoms with E-state index in [1.54, 1.807) is 31.2 Å². The fraction of sp³-hybridized carbons (Fsp3) is 0.227. The van der Waals surface area contributed by atoms with Gasteiger partial charge >= 0.3 is 12.1 Å². The Morgan fingerprint density at radius 1 is 1.18 bits per heavy atom. The monoisotopic (exact) mass is 587 g/mol. The number of fused-ring (bicyclic) bond motifs is 1. The van der Waals surface area contributed by atoms with E-state index in [1.165, 1.54) is 24.4 Å². The van der Waals surface area contributed by atoms with Crippen LogP contribution in [0.4, 0.5) is 18.9 Å². The summed E-state index contributed by atoms with van der Waals surface area (Å²) in [5.74, 6) is -3.61. The SMILES string of the molecule is Cc1ccc(NS(=O)(=O)c2cccc3cccnc23)c(=O)n1CC(=O)NCCONC(=N)N.O=C(O)C(F)(F)F. The van der Waals surface area contributed by atoms with Gasteiger partial charge in [0.1, 0.15) is 17.1 Å². The molecule has 0 aliphatic rings. The smallest absolute Gasteiger partial charge is 0.475 e. The number of hydrogen-bond donors (Lipinski definition) is 6. The van der Waals surface area contributed by atoms with Crippen molar-refractivity contribution >= 4 is 44.4 Å². The molecule has 14 nitrogen and oxygen atoms in total. The number of guanidine groups is 1. The first-order chi connectivity index (χ1) is 18.6. The van der Waals surface area contributed by atoms with Crippen LogP contribution >= 0.6 is 0 Å². The number of aryl methyl sites for hydroxylation is 1. The van der Waals surface area contributed by atoms with Crippen molar-refractivity contribution in [2.24, 2.45) is 5.73 Å². The van der Waals surface area contributed by atoms with Crippen molar-refractivity contribution in [3.63, 3.8) is 0 Å². The Balaban J connectivity index is 0.000000708. The second kappa shape index (κ2) is 13.4. The molecule has 0 atom stereocenters. The highest BCUT2D eigenvalue weighted by molar-refractivity contribution is 7.93. The number of para-hydroxylation sites is 1. The van der Waals surface area contributed by atoms with Crippen LogP contribution in [0, 0.1) is 12.3 Å². The van der Waals surface area contributed by atoms with Crippen LogP contribution < -0.4 is 26.8 Å². The quantitative estimate of drug-likeness (QED) is 0.0889. The highest BCUT2D eigenvalue weighted by atomic mass is 32.2. The van der Waals surface area contributed by atoms with Gasteiger partial charge in [-0.25, -0.2) is 18.7 Å². The van der Waals surface area contributed by atoms with E-state index in [1.807, 2.05) is 0 Å². The first-order valence-electron chi connectivity index (χ1n) is 11.0. The van der Waals surface area contributed by atoms with Crippen LogP contribution in [0.15, 0.2) is 58.4 Å². The third-order valence-corrected chi connectivity index (χ3v) is 6.17. The van der Waals surface area contributed by atoms with Crippen LogP contribution in [0.2, 0.25) is 0 Å². The number of hydrogen-bond acceptors (Lipinski definition) is 8. The van der Waals surface area contributed by atoms with Gasteiger partial charge in [0.25, 0.3) is 15.6 Å². The number of hydroxylamine groups is 1. The van der Waals surface area contributed by atoms with Crippen LogP contribution in [-0.4, -0.2) is 60.2 Å². The average molecular weight is 588 g/mol. The molecule has 7 N–H and O–H groups in total. The summed E-state index contributed by atoms with van der Waals surface area (Å²) in [5.41, 5.74) is 7.07. The maximum atomic E-state index is 13.0. The molecular weight excluding hydrogens is 563 g/mol. The van der Waals surface area contributed by atoms with Crippen molar-refractivity contribution in [2.45, 2.75) is 24.5 Å². The Bertz CT molecular complexity index is 1560. The van der Waals surface area contributed by atoms with Gasteiger partial charge in [-0.15, -0.1) is 0 Å². The number of nitrogens with zero attached hydrogens (tertiary/aromatic N) is 2. The number of aromatic nitrogens is 2. The number of benzene rings is 1. The Kier molecular flexibility index (Phi) is 10.5. The number of carbonyl (C=O) groups is 2. The number of alkyl halides is 3. The van der Waals surface area contributed by atoms with Gasteiger partial charge in [-0.2, -0.15) is 13.2 Å². The highest BCUT2D eigenvalue weighted by Crippen LogP contribution is 2.22. The van der Waals surface area contributed by atoms with Crippen LogP contribution in [0.25, 0.3) is 10.9 Å². The van der Waals surface area contributed by atoms with E-state index in [0.29, 0.717) is 11.1 Å². The summed E-state index contributed by atoms with van der Waals surface area (Å²) in [5, 5.41) is 17.3. The number of pyridine rings is 2. The van der Waals surface area contributed by atoms with Gasteiger partial charge in [0, 0.05) is 23.8 Å². The molecule has 2 heterocycles. The molecule has 1 amide bonds. The molecule has 0 spiro atoms. The molecule has 40 heavy (non-hydrogen) atoms. The van der Waals surface area contributed by atoms with Crippen molar-refractivity contribution in [2.75, 3.05) is 17.9 Å². The number of nitrogens with one attached hydrogen (secondary N) is 4. The van der Waals surface area contributed by atoms with Gasteiger partial charge in [-0.3, -0.25) is 29.5 Å². The third-order valence-electron chi connectivity index (χ3n) is 4.77. The van der Waals surface area contributed by atoms with Crippen molar-refractivity contribution in [1.82, 2.24) is 20.3 Å². The lowest BCUT2D eigenvalue weighted by Crippen LogP contribution is -2.37. The van der Waals surface area contributed by atoms with Crippen LogP contribution in [0.5, 0.6) is 0 Å². The standard InChI is InChI=1S/C20H23N7O5S.C2HF3O2/c1-13-7-8-15(19(29)27(13)12-17(28)23-10-11-32-25-20(21)22)26-33(30,31)16-6-2-4-14-5-3-9-24-18(14)16;3-2(4,5)1(6)7/h2-9,26H,10-12H2,1H3,(H,23,28)(H4,21,22,25);(H,6,7). The lowest BCUT2D eigenvalue weighted by Gasteiger charge is -2.14. The molecular formula is C22H24F3N7O7S. The molecule has 3 aromatic rings. The normalized spacial score (nSPS) is 11.2. The lowest BCUT2D eigenvalue weighted by atomic mass is 10.2. The zero-order chi connectivity index (χ0) is 30.1. The zero-order valence-electron chi connectivity index (χ0n) is 20.7. The summed E-state index contributed by atoms with van der Waals surface area (Å²) in [6.07, 6.45) is -3.60. The van der Waals surface area contributed by atoms with Gasteiger partial charge in [0.2, 0.25) is 11.9 Å². The number of carboxylic acid groups (broad SMARTS) is 1. The van der Waals surface area contributed by atoms with E-state index in [0.717, 1.165) is 4.57 Å². The van der Waals surface area contributed by atoms with Crippen molar-refractivity contribution in [3.8, 4) is 0 Å². The first-order valence-corrected chi connectivity index (χ1v) is 12.5. The number of sulfonamides is 1. The number of amides is 1. The first kappa shape index (κ1) is 31.5. The largest absolute Gasteiger partial charge is 0.490 e. The second-order valence-corrected chi connectivity index (χ2v) is 9.38. The molecule has 1 aromatic carbocycles. The lowest BCUT2D eigenvalue weighted by molar-refractivity contribution is -0.192. The minimum absolute atomic E-state index is 0.0398. The molecule has 3 rings (SSSR count). The Morgan fingerprint density at radius 3 is 2.45 bits per heavy atom. The van der Waals surface area contributed by atoms with E-state index in [9.17, 15) is 31.2 Å². The predicted octanol–water partition coefficient (Wildman–Crippen LogP) is 0.670. The summed E-state index contributed by atoms with van der Waals surface area (Å²) < 4.78 is 61.2. The maximum absolute atomic E-state index is 13.0. The zero-order valence-corrected chi connectivity index (χ0v) is 21.5. The number of anilines is 1. The average Bonchev–Trinajstić information content (AvgIpc) is 2.87. The number of nitrogens with two attached hydrogens (primary N) is 1. The van der Waals surface area contributed by atoms with Crippen LogP contribution in [-0.2, 0) is 31.0 Å².